The van der Waals surface area contributed by atoms with Crippen LogP contribution in [0.2, 0.25) is 5.02 Å². The topological polar surface area (TPSA) is 86.2 Å². The van der Waals surface area contributed by atoms with E-state index in [0.29, 0.717) is 36.2 Å². The van der Waals surface area contributed by atoms with E-state index in [2.05, 4.69) is 14.8 Å². The maximum Gasteiger partial charge on any atom is 0.414 e. The van der Waals surface area contributed by atoms with Crippen molar-refractivity contribution in [1.29, 1.82) is 0 Å². The van der Waals surface area contributed by atoms with E-state index in [4.69, 9.17) is 16.3 Å². The molecule has 9 heteroatoms. The number of pyridine rings is 1. The molecule has 1 N–H and O–H groups in total. The summed E-state index contributed by atoms with van der Waals surface area (Å²) in [6.07, 6.45) is 7.87. The Balaban J connectivity index is 1.31. The van der Waals surface area contributed by atoms with Crippen molar-refractivity contribution in [2.75, 3.05) is 42.6 Å². The molecule has 2 amide bonds. The van der Waals surface area contributed by atoms with Crippen LogP contribution in [0, 0.1) is 5.41 Å². The Bertz CT molecular complexity index is 891. The first-order valence-corrected chi connectivity index (χ1v) is 12.2. The molecule has 4 fully saturated rings. The van der Waals surface area contributed by atoms with Crippen molar-refractivity contribution < 1.29 is 19.4 Å². The van der Waals surface area contributed by atoms with E-state index in [9.17, 15) is 14.7 Å². The van der Waals surface area contributed by atoms with Crippen molar-refractivity contribution in [1.82, 2.24) is 9.88 Å². The van der Waals surface area contributed by atoms with Crippen LogP contribution >= 0.6 is 11.6 Å². The second kappa shape index (κ2) is 8.71. The lowest BCUT2D eigenvalue weighted by atomic mass is 9.78. The first-order valence-electron chi connectivity index (χ1n) is 11.8. The van der Waals surface area contributed by atoms with E-state index in [1.54, 1.807) is 17.2 Å². The van der Waals surface area contributed by atoms with Gasteiger partial charge in [-0.2, -0.15) is 0 Å². The molecule has 0 bridgehead atoms. The minimum absolute atomic E-state index is 0.217. The monoisotopic (exact) mass is 462 g/mol. The van der Waals surface area contributed by atoms with Gasteiger partial charge in [0.25, 0.3) is 0 Å². The van der Waals surface area contributed by atoms with E-state index < -0.39 is 0 Å². The van der Waals surface area contributed by atoms with Crippen LogP contribution in [-0.4, -0.2) is 71.9 Å². The largest absolute Gasteiger partial charge is 0.449 e. The van der Waals surface area contributed by atoms with Gasteiger partial charge in [0, 0.05) is 32.2 Å². The zero-order valence-corrected chi connectivity index (χ0v) is 19.1. The summed E-state index contributed by atoms with van der Waals surface area (Å²) in [7, 11) is 0. The lowest BCUT2D eigenvalue weighted by Crippen LogP contribution is -2.50. The maximum atomic E-state index is 13.5. The normalized spacial score (nSPS) is 31.4. The zero-order chi connectivity index (χ0) is 22.3. The van der Waals surface area contributed by atoms with E-state index in [1.165, 1.54) is 0 Å². The quantitative estimate of drug-likeness (QED) is 0.742. The number of carbonyl (C=O) groups is 2. The third-order valence-corrected chi connectivity index (χ3v) is 7.90. The van der Waals surface area contributed by atoms with Gasteiger partial charge in [-0.3, -0.25) is 9.69 Å². The molecule has 1 saturated carbocycles. The van der Waals surface area contributed by atoms with Crippen LogP contribution in [0.1, 0.15) is 51.4 Å². The molecule has 3 saturated heterocycles. The van der Waals surface area contributed by atoms with Gasteiger partial charge in [-0.1, -0.05) is 11.6 Å². The number of nitrogens with zero attached hydrogens (tertiary/aromatic N) is 4. The molecule has 1 aromatic rings. The van der Waals surface area contributed by atoms with Gasteiger partial charge >= 0.3 is 6.09 Å². The summed E-state index contributed by atoms with van der Waals surface area (Å²) in [5.41, 5.74) is 0.257. The number of likely N-dealkylation sites (tertiary alicyclic amines) is 1. The van der Waals surface area contributed by atoms with Crippen LogP contribution in [-0.2, 0) is 9.53 Å². The van der Waals surface area contributed by atoms with Crippen molar-refractivity contribution >= 4 is 35.1 Å². The lowest BCUT2D eigenvalue weighted by molar-refractivity contribution is -0.139. The minimum Gasteiger partial charge on any atom is -0.449 e. The molecule has 174 valence electrons. The molecule has 0 aromatic carbocycles. The Kier molecular flexibility index (Phi) is 5.92. The van der Waals surface area contributed by atoms with Crippen LogP contribution in [0.5, 0.6) is 0 Å². The van der Waals surface area contributed by atoms with E-state index in [-0.39, 0.29) is 29.6 Å². The first kappa shape index (κ1) is 21.8. The smallest absolute Gasteiger partial charge is 0.414 e. The average Bonchev–Trinajstić information content (AvgIpc) is 3.10. The molecule has 1 aliphatic carbocycles. The Morgan fingerprint density at radius 1 is 1.09 bits per heavy atom. The van der Waals surface area contributed by atoms with Gasteiger partial charge in [0.15, 0.2) is 0 Å². The van der Waals surface area contributed by atoms with Crippen molar-refractivity contribution in [3.05, 3.63) is 17.3 Å². The molecule has 0 radical (unpaired) electrons. The second-order valence-electron chi connectivity index (χ2n) is 9.63. The number of carbonyl (C=O) groups excluding carboxylic acids is 2. The summed E-state index contributed by atoms with van der Waals surface area (Å²) in [4.78, 5) is 36.0. The third-order valence-electron chi connectivity index (χ3n) is 7.62. The fourth-order valence-corrected chi connectivity index (χ4v) is 6.12. The lowest BCUT2D eigenvalue weighted by Gasteiger charge is -2.41. The Morgan fingerprint density at radius 3 is 2.66 bits per heavy atom. The predicted molar refractivity (Wildman–Crippen MR) is 121 cm³/mol. The van der Waals surface area contributed by atoms with Gasteiger partial charge < -0.3 is 19.6 Å². The number of cyclic esters (lactones) is 1. The molecule has 32 heavy (non-hydrogen) atoms. The highest BCUT2D eigenvalue weighted by molar-refractivity contribution is 6.33. The van der Waals surface area contributed by atoms with E-state index in [0.717, 1.165) is 64.5 Å². The molecular formula is C23H31ClN4O4. The number of amides is 2. The van der Waals surface area contributed by atoms with Gasteiger partial charge in [0.2, 0.25) is 5.91 Å². The van der Waals surface area contributed by atoms with E-state index >= 15 is 0 Å². The first-order chi connectivity index (χ1) is 15.5. The molecule has 4 heterocycles. The summed E-state index contributed by atoms with van der Waals surface area (Å²) in [6.45, 7) is 3.26. The van der Waals surface area contributed by atoms with Crippen molar-refractivity contribution in [2.45, 2.75) is 63.5 Å². The molecule has 8 nitrogen and oxygen atoms in total. The van der Waals surface area contributed by atoms with Crippen molar-refractivity contribution in [2.24, 2.45) is 5.41 Å². The molecular weight excluding hydrogens is 432 g/mol. The van der Waals surface area contributed by atoms with Crippen LogP contribution in [0.15, 0.2) is 12.3 Å². The second-order valence-corrected chi connectivity index (χ2v) is 10.0. The standard InChI is InChI=1S/C23H31ClN4O4/c24-19-13-17(28-10-2-12-32-22(28)31)14-25-20(19)26-9-1-7-23(15-26)8-11-27(21(23)30)16-3-5-18(29)6-4-16/h13-14,16,18,29H,1-12,15H2/t16-,18-,23-/m1/s1. The van der Waals surface area contributed by atoms with Crippen LogP contribution in [0.25, 0.3) is 0 Å². The van der Waals surface area contributed by atoms with Gasteiger partial charge in [-0.05, 0) is 57.4 Å². The van der Waals surface area contributed by atoms with Gasteiger partial charge in [0.1, 0.15) is 5.82 Å². The SMILES string of the molecule is O=C1OCCCN1c1cnc(N2CCC[C@@]3(CCN([C@H]4CC[C@H](O)CC4)C3=O)C2)c(Cl)c1. The van der Waals surface area contributed by atoms with Crippen LogP contribution < -0.4 is 9.80 Å². The molecule has 3 aliphatic heterocycles. The summed E-state index contributed by atoms with van der Waals surface area (Å²) in [5, 5.41) is 10.3. The number of hydrogen-bond acceptors (Lipinski definition) is 6. The highest BCUT2D eigenvalue weighted by atomic mass is 35.5. The summed E-state index contributed by atoms with van der Waals surface area (Å²) in [6, 6.07) is 2.03. The van der Waals surface area contributed by atoms with E-state index in [1.807, 2.05) is 0 Å². The molecule has 5 rings (SSSR count). The van der Waals surface area contributed by atoms with Crippen molar-refractivity contribution in [3.63, 3.8) is 0 Å². The van der Waals surface area contributed by atoms with Crippen LogP contribution in [0.3, 0.4) is 0 Å². The molecule has 1 spiro atoms. The average molecular weight is 463 g/mol. The van der Waals surface area contributed by atoms with Crippen molar-refractivity contribution in [3.8, 4) is 0 Å². The number of aliphatic hydroxyl groups is 1. The molecule has 4 aliphatic rings. The van der Waals surface area contributed by atoms with Gasteiger partial charge in [-0.25, -0.2) is 9.78 Å². The summed E-state index contributed by atoms with van der Waals surface area (Å²) < 4.78 is 5.12. The molecule has 0 unspecified atom stereocenters. The molecule has 1 atom stereocenters. The Labute approximate surface area is 193 Å². The third kappa shape index (κ3) is 3.92. The molecule has 1 aromatic heterocycles. The maximum absolute atomic E-state index is 13.5. The predicted octanol–water partition coefficient (Wildman–Crippen LogP) is 3.20. The number of piperidine rings is 1. The number of halogens is 1. The number of aromatic nitrogens is 1. The number of hydrogen-bond donors (Lipinski definition) is 1. The highest BCUT2D eigenvalue weighted by Gasteiger charge is 2.51. The number of rotatable bonds is 3. The van der Waals surface area contributed by atoms with Gasteiger partial charge in [0.05, 0.1) is 35.0 Å². The number of anilines is 2. The highest BCUT2D eigenvalue weighted by Crippen LogP contribution is 2.44. The number of ether oxygens (including phenoxy) is 1. The van der Waals surface area contributed by atoms with Gasteiger partial charge in [-0.15, -0.1) is 0 Å². The summed E-state index contributed by atoms with van der Waals surface area (Å²) in [5.74, 6) is 0.930. The summed E-state index contributed by atoms with van der Waals surface area (Å²) >= 11 is 6.62. The fraction of sp³-hybridized carbons (Fsp3) is 0.696. The minimum atomic E-state index is -0.380. The Hall–Kier alpha value is -2.06. The Morgan fingerprint density at radius 2 is 1.91 bits per heavy atom. The van der Waals surface area contributed by atoms with Crippen LogP contribution in [0.4, 0.5) is 16.3 Å². The zero-order valence-electron chi connectivity index (χ0n) is 18.3. The fourth-order valence-electron chi connectivity index (χ4n) is 5.84. The number of aliphatic hydroxyl groups excluding tert-OH is 1.